The Hall–Kier alpha value is -0.770. The van der Waals surface area contributed by atoms with Crippen molar-refractivity contribution in [1.29, 1.82) is 0 Å². The molecule has 0 aliphatic carbocycles. The number of aromatic hydroxyl groups is 1. The molecule has 2 atom stereocenters. The number of phenols is 1. The number of hydrogen-bond acceptors (Lipinski definition) is 3. The van der Waals surface area contributed by atoms with Gasteiger partial charge in [-0.25, -0.2) is 0 Å². The maximum atomic E-state index is 9.63. The van der Waals surface area contributed by atoms with Gasteiger partial charge in [-0.2, -0.15) is 0 Å². The van der Waals surface area contributed by atoms with E-state index in [9.17, 15) is 5.11 Å². The molecular formula is C11H16ClNO2. The summed E-state index contributed by atoms with van der Waals surface area (Å²) >= 11 is 5.84. The van der Waals surface area contributed by atoms with Crippen LogP contribution in [0.25, 0.3) is 0 Å². The van der Waals surface area contributed by atoms with Crippen LogP contribution in [-0.2, 0) is 0 Å². The molecular weight excluding hydrogens is 214 g/mol. The minimum Gasteiger partial charge on any atom is -0.508 e. The first kappa shape index (κ1) is 12.3. The molecule has 0 bridgehead atoms. The van der Waals surface area contributed by atoms with Crippen LogP contribution in [0.2, 0.25) is 5.02 Å². The Morgan fingerprint density at radius 1 is 1.40 bits per heavy atom. The second-order valence-corrected chi connectivity index (χ2v) is 4.11. The summed E-state index contributed by atoms with van der Waals surface area (Å²) in [5.74, 6) is 0.213. The predicted octanol–water partition coefficient (Wildman–Crippen LogP) is 2.08. The molecule has 0 amide bonds. The summed E-state index contributed by atoms with van der Waals surface area (Å²) in [6, 6.07) is 4.87. The van der Waals surface area contributed by atoms with Crippen molar-refractivity contribution in [3.8, 4) is 5.75 Å². The number of rotatable bonds is 4. The third-order valence-electron chi connectivity index (χ3n) is 2.26. The number of hydrogen-bond donors (Lipinski definition) is 3. The molecule has 4 heteroatoms. The van der Waals surface area contributed by atoms with Crippen LogP contribution in [0.15, 0.2) is 18.2 Å². The summed E-state index contributed by atoms with van der Waals surface area (Å²) in [5, 5.41) is 22.3. The first-order chi connectivity index (χ1) is 7.04. The number of benzene rings is 1. The van der Waals surface area contributed by atoms with Gasteiger partial charge in [0.15, 0.2) is 0 Å². The fourth-order valence-electron chi connectivity index (χ4n) is 1.44. The average molecular weight is 230 g/mol. The number of nitrogens with one attached hydrogen (secondary N) is 1. The van der Waals surface area contributed by atoms with Crippen LogP contribution in [0.5, 0.6) is 5.75 Å². The molecule has 2 unspecified atom stereocenters. The molecule has 0 aliphatic rings. The molecule has 84 valence electrons. The van der Waals surface area contributed by atoms with E-state index in [-0.39, 0.29) is 24.4 Å². The second kappa shape index (κ2) is 5.35. The summed E-state index contributed by atoms with van der Waals surface area (Å²) < 4.78 is 0. The summed E-state index contributed by atoms with van der Waals surface area (Å²) in [6.07, 6.45) is 0. The Morgan fingerprint density at radius 3 is 2.67 bits per heavy atom. The van der Waals surface area contributed by atoms with Crippen molar-refractivity contribution in [2.24, 2.45) is 0 Å². The molecule has 0 aromatic heterocycles. The van der Waals surface area contributed by atoms with Gasteiger partial charge in [-0.05, 0) is 32.0 Å². The number of halogens is 1. The molecule has 0 radical (unpaired) electrons. The van der Waals surface area contributed by atoms with Crippen molar-refractivity contribution >= 4 is 11.6 Å². The normalized spacial score (nSPS) is 14.9. The first-order valence-corrected chi connectivity index (χ1v) is 5.27. The van der Waals surface area contributed by atoms with E-state index in [2.05, 4.69) is 5.32 Å². The van der Waals surface area contributed by atoms with Crippen molar-refractivity contribution < 1.29 is 10.2 Å². The highest BCUT2D eigenvalue weighted by Crippen LogP contribution is 2.27. The van der Waals surface area contributed by atoms with Crippen LogP contribution >= 0.6 is 11.6 Å². The Bertz CT molecular complexity index is 330. The van der Waals surface area contributed by atoms with Crippen LogP contribution in [0.4, 0.5) is 0 Å². The second-order valence-electron chi connectivity index (χ2n) is 3.68. The zero-order chi connectivity index (χ0) is 11.4. The molecule has 3 N–H and O–H groups in total. The standard InChI is InChI=1S/C11H16ClNO2/c1-7(6-14)13-8(2)10-5-9(12)3-4-11(10)15/h3-5,7-8,13-15H,6H2,1-2H3. The van der Waals surface area contributed by atoms with E-state index in [1.165, 1.54) is 0 Å². The minimum atomic E-state index is -0.0501. The smallest absolute Gasteiger partial charge is 0.120 e. The molecule has 3 nitrogen and oxygen atoms in total. The van der Waals surface area contributed by atoms with Crippen LogP contribution < -0.4 is 5.32 Å². The van der Waals surface area contributed by atoms with Gasteiger partial charge in [0.25, 0.3) is 0 Å². The fraction of sp³-hybridized carbons (Fsp3) is 0.455. The van der Waals surface area contributed by atoms with Crippen molar-refractivity contribution in [3.63, 3.8) is 0 Å². The molecule has 0 aliphatic heterocycles. The van der Waals surface area contributed by atoms with Gasteiger partial charge in [0.2, 0.25) is 0 Å². The maximum absolute atomic E-state index is 9.63. The van der Waals surface area contributed by atoms with Gasteiger partial charge in [-0.3, -0.25) is 0 Å². The van der Waals surface area contributed by atoms with Crippen LogP contribution in [0, 0.1) is 0 Å². The Morgan fingerprint density at radius 2 is 2.07 bits per heavy atom. The van der Waals surface area contributed by atoms with E-state index in [0.717, 1.165) is 5.56 Å². The van der Waals surface area contributed by atoms with Gasteiger partial charge in [0.1, 0.15) is 5.75 Å². The van der Waals surface area contributed by atoms with Gasteiger partial charge < -0.3 is 15.5 Å². The van der Waals surface area contributed by atoms with E-state index in [1.54, 1.807) is 18.2 Å². The van der Waals surface area contributed by atoms with E-state index < -0.39 is 0 Å². The number of aliphatic hydroxyl groups excluding tert-OH is 1. The van der Waals surface area contributed by atoms with Crippen LogP contribution in [0.1, 0.15) is 25.5 Å². The lowest BCUT2D eigenvalue weighted by atomic mass is 10.1. The van der Waals surface area contributed by atoms with Crippen molar-refractivity contribution in [2.75, 3.05) is 6.61 Å². The summed E-state index contributed by atoms with van der Waals surface area (Å²) in [5.41, 5.74) is 0.739. The number of phenolic OH excluding ortho intramolecular Hbond substituents is 1. The molecule has 0 heterocycles. The summed E-state index contributed by atoms with van der Waals surface area (Å²) in [7, 11) is 0. The lowest BCUT2D eigenvalue weighted by Crippen LogP contribution is -2.31. The van der Waals surface area contributed by atoms with E-state index in [1.807, 2.05) is 13.8 Å². The summed E-state index contributed by atoms with van der Waals surface area (Å²) in [6.45, 7) is 3.85. The molecule has 1 aromatic carbocycles. The fourth-order valence-corrected chi connectivity index (χ4v) is 1.62. The minimum absolute atomic E-state index is 0.0154. The third-order valence-corrected chi connectivity index (χ3v) is 2.50. The predicted molar refractivity (Wildman–Crippen MR) is 61.2 cm³/mol. The van der Waals surface area contributed by atoms with Crippen molar-refractivity contribution in [2.45, 2.75) is 25.9 Å². The molecule has 0 spiro atoms. The van der Waals surface area contributed by atoms with E-state index in [4.69, 9.17) is 16.7 Å². The van der Waals surface area contributed by atoms with Crippen LogP contribution in [0.3, 0.4) is 0 Å². The molecule has 0 saturated carbocycles. The maximum Gasteiger partial charge on any atom is 0.120 e. The zero-order valence-electron chi connectivity index (χ0n) is 8.87. The van der Waals surface area contributed by atoms with Crippen LogP contribution in [-0.4, -0.2) is 22.9 Å². The van der Waals surface area contributed by atoms with E-state index >= 15 is 0 Å². The molecule has 1 rings (SSSR count). The van der Waals surface area contributed by atoms with E-state index in [0.29, 0.717) is 5.02 Å². The lowest BCUT2D eigenvalue weighted by molar-refractivity contribution is 0.242. The summed E-state index contributed by atoms with van der Waals surface area (Å²) in [4.78, 5) is 0. The van der Waals surface area contributed by atoms with Gasteiger partial charge in [0.05, 0.1) is 6.61 Å². The monoisotopic (exact) mass is 229 g/mol. The highest BCUT2D eigenvalue weighted by molar-refractivity contribution is 6.30. The van der Waals surface area contributed by atoms with Crippen molar-refractivity contribution in [3.05, 3.63) is 28.8 Å². The number of aliphatic hydroxyl groups is 1. The highest BCUT2D eigenvalue weighted by Gasteiger charge is 2.12. The van der Waals surface area contributed by atoms with Crippen molar-refractivity contribution in [1.82, 2.24) is 5.32 Å². The van der Waals surface area contributed by atoms with Gasteiger partial charge >= 0.3 is 0 Å². The van der Waals surface area contributed by atoms with Gasteiger partial charge in [0, 0.05) is 22.7 Å². The topological polar surface area (TPSA) is 52.5 Å². The quantitative estimate of drug-likeness (QED) is 0.741. The Kier molecular flexibility index (Phi) is 4.39. The van der Waals surface area contributed by atoms with Gasteiger partial charge in [-0.15, -0.1) is 0 Å². The largest absolute Gasteiger partial charge is 0.508 e. The van der Waals surface area contributed by atoms with Gasteiger partial charge in [-0.1, -0.05) is 11.6 Å². The highest BCUT2D eigenvalue weighted by atomic mass is 35.5. The zero-order valence-corrected chi connectivity index (χ0v) is 9.62. The first-order valence-electron chi connectivity index (χ1n) is 4.90. The Labute approximate surface area is 94.7 Å². The third kappa shape index (κ3) is 3.38. The molecule has 1 aromatic rings. The lowest BCUT2D eigenvalue weighted by Gasteiger charge is -2.19. The SMILES string of the molecule is CC(CO)NC(C)c1cc(Cl)ccc1O. The molecule has 15 heavy (non-hydrogen) atoms. The Balaban J connectivity index is 2.80. The molecule has 0 saturated heterocycles. The molecule has 0 fully saturated rings. The average Bonchev–Trinajstić information content (AvgIpc) is 2.21.